The summed E-state index contributed by atoms with van der Waals surface area (Å²) in [5.41, 5.74) is 1.05. The number of carbonyl (C=O) groups is 4. The Kier molecular flexibility index (Phi) is 8.14. The molecule has 1 aliphatic rings. The summed E-state index contributed by atoms with van der Waals surface area (Å²) in [6.07, 6.45) is -4.94. The van der Waals surface area contributed by atoms with E-state index < -0.39 is 48.0 Å². The number of nitrogens with one attached hydrogen (secondary N) is 2. The molecule has 1 aliphatic heterocycles. The number of hydrogen-bond donors (Lipinski definition) is 2. The third-order valence-electron chi connectivity index (χ3n) is 4.78. The molecule has 3 rings (SSSR count). The summed E-state index contributed by atoms with van der Waals surface area (Å²) in [5, 5.41) is 3.28. The summed E-state index contributed by atoms with van der Waals surface area (Å²) in [6.45, 7) is -1.06. The molecule has 35 heavy (non-hydrogen) atoms. The Morgan fingerprint density at radius 2 is 1.77 bits per heavy atom. The van der Waals surface area contributed by atoms with Crippen LogP contribution in [-0.2, 0) is 25.3 Å². The fourth-order valence-corrected chi connectivity index (χ4v) is 3.73. The molecule has 0 saturated carbocycles. The molecular weight excluding hydrogens is 538 g/mol. The van der Waals surface area contributed by atoms with Gasteiger partial charge in [-0.05, 0) is 36.4 Å². The number of alkyl halides is 3. The number of nitrogens with zero attached hydrogens (tertiary/aromatic N) is 1. The Labute approximate surface area is 211 Å². The molecule has 0 bridgehead atoms. The van der Waals surface area contributed by atoms with Crippen LogP contribution in [0.15, 0.2) is 36.4 Å². The number of amides is 3. The fourth-order valence-electron chi connectivity index (χ4n) is 3.07. The quantitative estimate of drug-likeness (QED) is 0.519. The molecule has 2 aromatic rings. The molecule has 2 N–H and O–H groups in total. The van der Waals surface area contributed by atoms with Gasteiger partial charge in [0.15, 0.2) is 6.61 Å². The number of ether oxygens (including phenoxy) is 1. The highest BCUT2D eigenvalue weighted by Crippen LogP contribution is 2.33. The topological polar surface area (TPSA) is 105 Å². The van der Waals surface area contributed by atoms with Crippen LogP contribution in [-0.4, -0.2) is 41.9 Å². The van der Waals surface area contributed by atoms with E-state index in [1.165, 1.54) is 18.2 Å². The largest absolute Gasteiger partial charge is 0.455 e. The molecule has 1 saturated heterocycles. The summed E-state index contributed by atoms with van der Waals surface area (Å²) >= 11 is 17.6. The third kappa shape index (κ3) is 6.77. The lowest BCUT2D eigenvalue weighted by molar-refractivity contribution is -0.151. The summed E-state index contributed by atoms with van der Waals surface area (Å²) < 4.78 is 43.4. The molecule has 14 heteroatoms. The Balaban J connectivity index is 1.53. The average molecular weight is 553 g/mol. The smallest absolute Gasteiger partial charge is 0.416 e. The highest BCUT2D eigenvalue weighted by molar-refractivity contribution is 6.36. The molecule has 3 amide bonds. The number of benzene rings is 2. The van der Waals surface area contributed by atoms with Gasteiger partial charge in [0.25, 0.3) is 11.8 Å². The molecule has 0 spiro atoms. The predicted octanol–water partition coefficient (Wildman–Crippen LogP) is 4.34. The zero-order valence-corrected chi connectivity index (χ0v) is 19.7. The number of hydrogen-bond acceptors (Lipinski definition) is 5. The standard InChI is InChI=1S/C21H15Cl3F3N3O5/c22-12-2-3-13(15(24)7-12)19(33)29-30-8-10(5-18(30)32)20(34)35-9-17(31)28-16-6-11(21(25,26)27)1-4-14(16)23/h1-4,6-7,10H,5,8-9H2,(H,28,31)(H,29,33)/t10-/m1/s1. The lowest BCUT2D eigenvalue weighted by atomic mass is 10.1. The van der Waals surface area contributed by atoms with Crippen LogP contribution in [0.1, 0.15) is 22.3 Å². The minimum absolute atomic E-state index is 0.0554. The minimum Gasteiger partial charge on any atom is -0.455 e. The van der Waals surface area contributed by atoms with Crippen LogP contribution in [0.5, 0.6) is 0 Å². The monoisotopic (exact) mass is 551 g/mol. The summed E-state index contributed by atoms with van der Waals surface area (Å²) in [5.74, 6) is -4.12. The van der Waals surface area contributed by atoms with E-state index in [0.29, 0.717) is 11.1 Å². The van der Waals surface area contributed by atoms with E-state index in [0.717, 1.165) is 17.1 Å². The van der Waals surface area contributed by atoms with Gasteiger partial charge in [0, 0.05) is 11.4 Å². The first-order valence-corrected chi connectivity index (χ1v) is 10.9. The maximum Gasteiger partial charge on any atom is 0.416 e. The number of hydrazine groups is 1. The number of anilines is 1. The predicted molar refractivity (Wildman–Crippen MR) is 120 cm³/mol. The van der Waals surface area contributed by atoms with Gasteiger partial charge in [0.05, 0.1) is 39.3 Å². The Morgan fingerprint density at radius 3 is 2.43 bits per heavy atom. The van der Waals surface area contributed by atoms with Crippen LogP contribution in [0, 0.1) is 5.92 Å². The SMILES string of the molecule is O=C(COC(=O)[C@@H]1CC(=O)N(NC(=O)c2ccc(Cl)cc2Cl)C1)Nc1cc(C(F)(F)F)ccc1Cl. The van der Waals surface area contributed by atoms with Crippen molar-refractivity contribution in [1.29, 1.82) is 0 Å². The van der Waals surface area contributed by atoms with Gasteiger partial charge in [-0.15, -0.1) is 0 Å². The van der Waals surface area contributed by atoms with E-state index in [2.05, 4.69) is 10.7 Å². The summed E-state index contributed by atoms with van der Waals surface area (Å²) in [6, 6.07) is 6.51. The van der Waals surface area contributed by atoms with Crippen LogP contribution in [0.25, 0.3) is 0 Å². The van der Waals surface area contributed by atoms with Crippen molar-refractivity contribution in [2.45, 2.75) is 12.6 Å². The first-order valence-electron chi connectivity index (χ1n) is 9.74. The lowest BCUT2D eigenvalue weighted by Gasteiger charge is -2.18. The van der Waals surface area contributed by atoms with Gasteiger partial charge in [0.1, 0.15) is 0 Å². The first kappa shape index (κ1) is 26.6. The van der Waals surface area contributed by atoms with Gasteiger partial charge in [0.2, 0.25) is 5.91 Å². The molecule has 8 nitrogen and oxygen atoms in total. The summed E-state index contributed by atoms with van der Waals surface area (Å²) in [7, 11) is 0. The van der Waals surface area contributed by atoms with Crippen molar-refractivity contribution in [2.24, 2.45) is 5.92 Å². The van der Waals surface area contributed by atoms with E-state index in [-0.39, 0.29) is 34.3 Å². The molecule has 0 unspecified atom stereocenters. The second kappa shape index (κ2) is 10.7. The van der Waals surface area contributed by atoms with Gasteiger partial charge in [-0.3, -0.25) is 29.6 Å². The van der Waals surface area contributed by atoms with Crippen molar-refractivity contribution in [3.05, 3.63) is 62.6 Å². The van der Waals surface area contributed by atoms with Crippen molar-refractivity contribution in [1.82, 2.24) is 10.4 Å². The van der Waals surface area contributed by atoms with Crippen molar-refractivity contribution >= 4 is 64.2 Å². The van der Waals surface area contributed by atoms with Gasteiger partial charge in [-0.2, -0.15) is 13.2 Å². The highest BCUT2D eigenvalue weighted by Gasteiger charge is 2.37. The van der Waals surface area contributed by atoms with Crippen LogP contribution < -0.4 is 10.7 Å². The number of esters is 1. The van der Waals surface area contributed by atoms with Crippen LogP contribution in [0.4, 0.5) is 18.9 Å². The fraction of sp³-hybridized carbons (Fsp3) is 0.238. The molecule has 0 aliphatic carbocycles. The number of halogens is 6. The maximum absolute atomic E-state index is 12.8. The van der Waals surface area contributed by atoms with Crippen molar-refractivity contribution in [3.8, 4) is 0 Å². The first-order chi connectivity index (χ1) is 16.3. The molecule has 1 atom stereocenters. The maximum atomic E-state index is 12.8. The van der Waals surface area contributed by atoms with Crippen LogP contribution in [0.2, 0.25) is 15.1 Å². The zero-order chi connectivity index (χ0) is 25.9. The van der Waals surface area contributed by atoms with E-state index >= 15 is 0 Å². The van der Waals surface area contributed by atoms with E-state index in [1.807, 2.05) is 0 Å². The van der Waals surface area contributed by atoms with Gasteiger partial charge in [-0.1, -0.05) is 34.8 Å². The minimum atomic E-state index is -4.65. The van der Waals surface area contributed by atoms with E-state index in [9.17, 15) is 32.3 Å². The van der Waals surface area contributed by atoms with Crippen LogP contribution in [0.3, 0.4) is 0 Å². The second-order valence-corrected chi connectivity index (χ2v) is 8.57. The normalized spacial score (nSPS) is 15.7. The Morgan fingerprint density at radius 1 is 1.06 bits per heavy atom. The zero-order valence-electron chi connectivity index (χ0n) is 17.4. The lowest BCUT2D eigenvalue weighted by Crippen LogP contribution is -2.43. The Hall–Kier alpha value is -3.02. The molecule has 1 heterocycles. The molecular formula is C21H15Cl3F3N3O5. The molecule has 0 aromatic heterocycles. The average Bonchev–Trinajstić information content (AvgIpc) is 3.13. The number of carbonyl (C=O) groups excluding carboxylic acids is 4. The second-order valence-electron chi connectivity index (χ2n) is 7.32. The molecule has 1 fully saturated rings. The van der Waals surface area contributed by atoms with E-state index in [1.54, 1.807) is 0 Å². The van der Waals surface area contributed by atoms with Crippen molar-refractivity contribution in [3.63, 3.8) is 0 Å². The summed E-state index contributed by atoms with van der Waals surface area (Å²) in [4.78, 5) is 48.9. The molecule has 2 aromatic carbocycles. The van der Waals surface area contributed by atoms with Gasteiger partial charge < -0.3 is 10.1 Å². The van der Waals surface area contributed by atoms with Crippen LogP contribution >= 0.6 is 34.8 Å². The number of rotatable bonds is 6. The molecule has 186 valence electrons. The van der Waals surface area contributed by atoms with Crippen molar-refractivity contribution < 1.29 is 37.1 Å². The van der Waals surface area contributed by atoms with Gasteiger partial charge >= 0.3 is 12.1 Å². The van der Waals surface area contributed by atoms with Crippen molar-refractivity contribution in [2.75, 3.05) is 18.5 Å². The van der Waals surface area contributed by atoms with E-state index in [4.69, 9.17) is 39.5 Å². The highest BCUT2D eigenvalue weighted by atomic mass is 35.5. The third-order valence-corrected chi connectivity index (χ3v) is 5.66. The van der Waals surface area contributed by atoms with Gasteiger partial charge in [-0.25, -0.2) is 0 Å². The Bertz CT molecular complexity index is 1190. The molecule has 0 radical (unpaired) electrons.